The summed E-state index contributed by atoms with van der Waals surface area (Å²) in [5.41, 5.74) is 1.87. The first-order valence-corrected chi connectivity index (χ1v) is 11.4. The molecule has 0 saturated carbocycles. The van der Waals surface area contributed by atoms with Crippen molar-refractivity contribution in [3.63, 3.8) is 0 Å². The summed E-state index contributed by atoms with van der Waals surface area (Å²) in [6.07, 6.45) is 4.87. The zero-order valence-corrected chi connectivity index (χ0v) is 18.2. The van der Waals surface area contributed by atoms with Crippen LogP contribution in [0.3, 0.4) is 0 Å². The number of thioether (sulfide) groups is 1. The van der Waals surface area contributed by atoms with Crippen molar-refractivity contribution in [2.75, 3.05) is 24.7 Å². The van der Waals surface area contributed by atoms with E-state index in [2.05, 4.69) is 15.3 Å². The number of hydrogen-bond donors (Lipinski definition) is 1. The van der Waals surface area contributed by atoms with Crippen LogP contribution in [0.25, 0.3) is 10.2 Å². The van der Waals surface area contributed by atoms with Crippen LogP contribution >= 0.6 is 34.7 Å². The summed E-state index contributed by atoms with van der Waals surface area (Å²) in [6.45, 7) is -0.0440. The molecule has 0 saturated heterocycles. The number of anilines is 1. The minimum Gasteiger partial charge on any atom is -0.336 e. The minimum absolute atomic E-state index is 0.0440. The maximum Gasteiger partial charge on any atom is 0.244 e. The summed E-state index contributed by atoms with van der Waals surface area (Å²) in [6, 6.07) is 7.00. The molecule has 29 heavy (non-hydrogen) atoms. The van der Waals surface area contributed by atoms with Gasteiger partial charge in [-0.15, -0.1) is 11.3 Å². The maximum absolute atomic E-state index is 12.5. The van der Waals surface area contributed by atoms with Gasteiger partial charge in [0, 0.05) is 17.3 Å². The third-order valence-electron chi connectivity index (χ3n) is 4.75. The summed E-state index contributed by atoms with van der Waals surface area (Å²) < 4.78 is 0. The molecular formula is C20H19ClN4O2S2. The summed E-state index contributed by atoms with van der Waals surface area (Å²) in [5.74, 6) is -0.214. The largest absolute Gasteiger partial charge is 0.336 e. The number of likely N-dealkylation sites (N-methyl/N-ethyl adjacent to an activating group) is 1. The van der Waals surface area contributed by atoms with Crippen LogP contribution in [0.2, 0.25) is 5.02 Å². The van der Waals surface area contributed by atoms with Crippen molar-refractivity contribution in [2.24, 2.45) is 0 Å². The molecule has 0 bridgehead atoms. The third kappa shape index (κ3) is 4.39. The molecule has 0 aliphatic heterocycles. The van der Waals surface area contributed by atoms with E-state index >= 15 is 0 Å². The Labute approximate surface area is 181 Å². The zero-order valence-electron chi connectivity index (χ0n) is 15.8. The van der Waals surface area contributed by atoms with Crippen LogP contribution in [0.1, 0.15) is 16.9 Å². The molecule has 1 aliphatic carbocycles. The standard InChI is InChI=1S/C20H19ClN4O2S2/c1-25(9-16(26)24-14-7-3-2-6-13(14)21)17(27)10-28-19-18-12-5-4-8-15(12)29-20(18)23-11-22-19/h2-3,6-7,11H,4-5,8-10H2,1H3,(H,24,26). The van der Waals surface area contributed by atoms with E-state index in [0.29, 0.717) is 10.7 Å². The molecule has 1 aliphatic rings. The van der Waals surface area contributed by atoms with Gasteiger partial charge >= 0.3 is 0 Å². The Balaban J connectivity index is 1.37. The number of thiophene rings is 1. The number of hydrogen-bond acceptors (Lipinski definition) is 6. The minimum atomic E-state index is -0.293. The number of para-hydroxylation sites is 1. The monoisotopic (exact) mass is 446 g/mol. The van der Waals surface area contributed by atoms with Crippen molar-refractivity contribution >= 4 is 62.4 Å². The lowest BCUT2D eigenvalue weighted by Gasteiger charge is -2.17. The predicted octanol–water partition coefficient (Wildman–Crippen LogP) is 4.02. The van der Waals surface area contributed by atoms with Crippen molar-refractivity contribution in [3.05, 3.63) is 46.1 Å². The molecule has 0 fully saturated rings. The van der Waals surface area contributed by atoms with E-state index in [1.807, 2.05) is 0 Å². The average Bonchev–Trinajstić information content (AvgIpc) is 3.29. The molecule has 0 radical (unpaired) electrons. The first kappa shape index (κ1) is 20.1. The Morgan fingerprint density at radius 1 is 1.28 bits per heavy atom. The molecule has 0 spiro atoms. The van der Waals surface area contributed by atoms with E-state index < -0.39 is 0 Å². The van der Waals surface area contributed by atoms with Gasteiger partial charge in [0.15, 0.2) is 0 Å². The van der Waals surface area contributed by atoms with Gasteiger partial charge in [-0.25, -0.2) is 9.97 Å². The van der Waals surface area contributed by atoms with E-state index in [-0.39, 0.29) is 24.1 Å². The van der Waals surface area contributed by atoms with Crippen molar-refractivity contribution in [2.45, 2.75) is 24.3 Å². The normalized spacial score (nSPS) is 12.8. The van der Waals surface area contributed by atoms with Gasteiger partial charge in [-0.05, 0) is 37.0 Å². The van der Waals surface area contributed by atoms with Gasteiger partial charge < -0.3 is 10.2 Å². The molecule has 0 atom stereocenters. The van der Waals surface area contributed by atoms with Crippen LogP contribution in [-0.2, 0) is 22.4 Å². The lowest BCUT2D eigenvalue weighted by molar-refractivity contribution is -0.131. The second kappa shape index (κ2) is 8.69. The van der Waals surface area contributed by atoms with Crippen LogP contribution < -0.4 is 5.32 Å². The number of amides is 2. The molecule has 2 aromatic heterocycles. The number of carbonyl (C=O) groups excluding carboxylic acids is 2. The number of halogens is 1. The number of carbonyl (C=O) groups is 2. The van der Waals surface area contributed by atoms with Crippen molar-refractivity contribution in [1.82, 2.24) is 14.9 Å². The van der Waals surface area contributed by atoms with E-state index in [0.717, 1.165) is 34.5 Å². The fraction of sp³-hybridized carbons (Fsp3) is 0.300. The highest BCUT2D eigenvalue weighted by molar-refractivity contribution is 8.00. The van der Waals surface area contributed by atoms with Gasteiger partial charge in [0.05, 0.1) is 23.0 Å². The van der Waals surface area contributed by atoms with E-state index in [4.69, 9.17) is 11.6 Å². The highest BCUT2D eigenvalue weighted by atomic mass is 35.5. The number of benzene rings is 1. The van der Waals surface area contributed by atoms with E-state index in [1.165, 1.54) is 27.1 Å². The number of aryl methyl sites for hydroxylation is 2. The van der Waals surface area contributed by atoms with Gasteiger partial charge in [0.1, 0.15) is 16.2 Å². The molecule has 2 amide bonds. The average molecular weight is 447 g/mol. The predicted molar refractivity (Wildman–Crippen MR) is 118 cm³/mol. The van der Waals surface area contributed by atoms with Gasteiger partial charge in [0.25, 0.3) is 0 Å². The van der Waals surface area contributed by atoms with E-state index in [9.17, 15) is 9.59 Å². The van der Waals surface area contributed by atoms with Gasteiger partial charge in [-0.2, -0.15) is 0 Å². The molecule has 0 unspecified atom stereocenters. The highest BCUT2D eigenvalue weighted by Crippen LogP contribution is 2.40. The lowest BCUT2D eigenvalue weighted by Crippen LogP contribution is -2.36. The van der Waals surface area contributed by atoms with Crippen molar-refractivity contribution < 1.29 is 9.59 Å². The van der Waals surface area contributed by atoms with E-state index in [1.54, 1.807) is 49.0 Å². The summed E-state index contributed by atoms with van der Waals surface area (Å²) in [4.78, 5) is 37.4. The van der Waals surface area contributed by atoms with Crippen LogP contribution in [0, 0.1) is 0 Å². The topological polar surface area (TPSA) is 75.2 Å². The molecular weight excluding hydrogens is 428 g/mol. The number of rotatable bonds is 6. The molecule has 1 N–H and O–H groups in total. The summed E-state index contributed by atoms with van der Waals surface area (Å²) in [5, 5.41) is 5.13. The number of fused-ring (bicyclic) bond motifs is 3. The number of aromatic nitrogens is 2. The first-order chi connectivity index (χ1) is 14.0. The third-order valence-corrected chi connectivity index (χ3v) is 7.26. The quantitative estimate of drug-likeness (QED) is 0.457. The second-order valence-corrected chi connectivity index (χ2v) is 9.24. The molecule has 4 rings (SSSR count). The molecule has 9 heteroatoms. The smallest absolute Gasteiger partial charge is 0.244 e. The zero-order chi connectivity index (χ0) is 20.4. The molecule has 2 heterocycles. The fourth-order valence-corrected chi connectivity index (χ4v) is 5.75. The Morgan fingerprint density at radius 2 is 2.10 bits per heavy atom. The maximum atomic E-state index is 12.5. The van der Waals surface area contributed by atoms with Crippen molar-refractivity contribution in [3.8, 4) is 0 Å². The van der Waals surface area contributed by atoms with Crippen LogP contribution in [0.4, 0.5) is 5.69 Å². The molecule has 150 valence electrons. The molecule has 3 aromatic rings. The van der Waals surface area contributed by atoms with Crippen LogP contribution in [-0.4, -0.2) is 46.0 Å². The lowest BCUT2D eigenvalue weighted by atomic mass is 10.2. The Kier molecular flexibility index (Phi) is 6.03. The van der Waals surface area contributed by atoms with Crippen LogP contribution in [0.5, 0.6) is 0 Å². The Hall–Kier alpha value is -2.16. The first-order valence-electron chi connectivity index (χ1n) is 9.19. The van der Waals surface area contributed by atoms with Gasteiger partial charge in [-0.1, -0.05) is 35.5 Å². The van der Waals surface area contributed by atoms with Crippen LogP contribution in [0.15, 0.2) is 35.6 Å². The Bertz CT molecular complexity index is 1090. The van der Waals surface area contributed by atoms with Gasteiger partial charge in [0.2, 0.25) is 11.8 Å². The summed E-state index contributed by atoms with van der Waals surface area (Å²) in [7, 11) is 1.62. The SMILES string of the molecule is CN(CC(=O)Nc1ccccc1Cl)C(=O)CSc1ncnc2sc3c(c12)CCC3. The Morgan fingerprint density at radius 3 is 2.93 bits per heavy atom. The number of nitrogens with one attached hydrogen (secondary N) is 1. The fourth-order valence-electron chi connectivity index (χ4n) is 3.31. The number of nitrogens with zero attached hydrogens (tertiary/aromatic N) is 3. The highest BCUT2D eigenvalue weighted by Gasteiger charge is 2.22. The second-order valence-electron chi connectivity index (χ2n) is 6.78. The summed E-state index contributed by atoms with van der Waals surface area (Å²) >= 11 is 9.18. The molecule has 1 aromatic carbocycles. The van der Waals surface area contributed by atoms with Gasteiger partial charge in [-0.3, -0.25) is 9.59 Å². The van der Waals surface area contributed by atoms with Crippen molar-refractivity contribution in [1.29, 1.82) is 0 Å². The molecule has 6 nitrogen and oxygen atoms in total.